The van der Waals surface area contributed by atoms with Crippen LogP contribution in [0.5, 0.6) is 0 Å². The highest BCUT2D eigenvalue weighted by molar-refractivity contribution is 5.74. The van der Waals surface area contributed by atoms with E-state index in [1.165, 1.54) is 15.9 Å². The number of aryl methyl sites for hydroxylation is 1. The van der Waals surface area contributed by atoms with E-state index in [0.29, 0.717) is 18.7 Å². The minimum atomic E-state index is -4.24. The maximum Gasteiger partial charge on any atom is 0.396 e. The Morgan fingerprint density at radius 1 is 1.55 bits per heavy atom. The van der Waals surface area contributed by atoms with Crippen LogP contribution in [0.3, 0.4) is 0 Å². The summed E-state index contributed by atoms with van der Waals surface area (Å²) in [6.45, 7) is 2.61. The molecule has 122 valence electrons. The minimum Gasteiger partial charge on any atom is -0.332 e. The van der Waals surface area contributed by atoms with Gasteiger partial charge in [-0.15, -0.1) is 0 Å². The van der Waals surface area contributed by atoms with Crippen molar-refractivity contribution in [2.45, 2.75) is 39.0 Å². The lowest BCUT2D eigenvalue weighted by Gasteiger charge is -2.44. The number of nitrogens with one attached hydrogen (secondary N) is 1. The molecular weight excluding hydrogens is 299 g/mol. The molecule has 0 unspecified atom stereocenters. The molecule has 0 bridgehead atoms. The maximum absolute atomic E-state index is 13.2. The summed E-state index contributed by atoms with van der Waals surface area (Å²) in [5.41, 5.74) is -1.10. The maximum atomic E-state index is 13.2. The van der Waals surface area contributed by atoms with Crippen LogP contribution < -0.4 is 5.32 Å². The van der Waals surface area contributed by atoms with Crippen molar-refractivity contribution in [3.8, 4) is 0 Å². The van der Waals surface area contributed by atoms with E-state index < -0.39 is 23.5 Å². The monoisotopic (exact) mass is 317 g/mol. The quantitative estimate of drug-likeness (QED) is 0.924. The number of halogens is 3. The normalized spacial score (nSPS) is 27.5. The zero-order chi connectivity index (χ0) is 16.0. The Hall–Kier alpha value is -1.80. The summed E-state index contributed by atoms with van der Waals surface area (Å²) >= 11 is 0. The summed E-state index contributed by atoms with van der Waals surface area (Å²) in [5, 5.41) is 10.7. The molecule has 2 aliphatic rings. The molecule has 1 aromatic heterocycles. The number of carbonyl (C=O) groups excluding carboxylic acids is 1. The number of nitrogens with zero attached hydrogens (tertiary/aromatic N) is 4. The van der Waals surface area contributed by atoms with Gasteiger partial charge < -0.3 is 10.2 Å². The summed E-state index contributed by atoms with van der Waals surface area (Å²) < 4.78 is 39.6. The number of likely N-dealkylation sites (tertiary alicyclic amines) is 1. The van der Waals surface area contributed by atoms with Crippen LogP contribution in [0.1, 0.15) is 25.5 Å². The molecule has 2 amide bonds. The topological polar surface area (TPSA) is 63.1 Å². The highest BCUT2D eigenvalue weighted by Crippen LogP contribution is 2.60. The first-order valence-corrected chi connectivity index (χ1v) is 7.34. The third-order valence-corrected chi connectivity index (χ3v) is 4.77. The van der Waals surface area contributed by atoms with Crippen molar-refractivity contribution >= 4 is 6.03 Å². The van der Waals surface area contributed by atoms with Gasteiger partial charge in [-0.1, -0.05) is 0 Å². The van der Waals surface area contributed by atoms with E-state index in [1.807, 2.05) is 6.92 Å². The van der Waals surface area contributed by atoms with Gasteiger partial charge in [-0.05, 0) is 25.7 Å². The fourth-order valence-corrected chi connectivity index (χ4v) is 3.30. The smallest absolute Gasteiger partial charge is 0.332 e. The van der Waals surface area contributed by atoms with Gasteiger partial charge >= 0.3 is 12.2 Å². The lowest BCUT2D eigenvalue weighted by atomic mass is 9.61. The van der Waals surface area contributed by atoms with Gasteiger partial charge in [-0.2, -0.15) is 28.2 Å². The number of urea groups is 1. The van der Waals surface area contributed by atoms with Gasteiger partial charge in [-0.25, -0.2) is 4.79 Å². The third kappa shape index (κ3) is 2.32. The molecule has 6 nitrogen and oxygen atoms in total. The SMILES string of the molecule is CCn1ncc(CNC(=O)N2C[C@@H]3CC[C@]3(C(F)(F)F)C2)n1. The molecule has 0 radical (unpaired) electrons. The van der Waals surface area contributed by atoms with E-state index in [9.17, 15) is 18.0 Å². The minimum absolute atomic E-state index is 0.121. The summed E-state index contributed by atoms with van der Waals surface area (Å²) in [6, 6.07) is -0.468. The van der Waals surface area contributed by atoms with Gasteiger partial charge in [0, 0.05) is 13.1 Å². The van der Waals surface area contributed by atoms with Gasteiger partial charge in [0.05, 0.1) is 24.7 Å². The van der Waals surface area contributed by atoms with E-state index in [2.05, 4.69) is 15.5 Å². The Morgan fingerprint density at radius 3 is 2.82 bits per heavy atom. The molecule has 1 N–H and O–H groups in total. The molecule has 22 heavy (non-hydrogen) atoms. The lowest BCUT2D eigenvalue weighted by molar-refractivity contribution is -0.259. The number of hydrogen-bond donors (Lipinski definition) is 1. The predicted octanol–water partition coefficient (Wildman–Crippen LogP) is 1.78. The van der Waals surface area contributed by atoms with Crippen molar-refractivity contribution in [1.82, 2.24) is 25.2 Å². The molecule has 0 spiro atoms. The van der Waals surface area contributed by atoms with Crippen molar-refractivity contribution in [2.24, 2.45) is 11.3 Å². The largest absolute Gasteiger partial charge is 0.396 e. The first kappa shape index (κ1) is 15.1. The highest BCUT2D eigenvalue weighted by Gasteiger charge is 2.68. The number of amides is 2. The average Bonchev–Trinajstić information content (AvgIpc) is 2.99. The van der Waals surface area contributed by atoms with Gasteiger partial charge in [0.1, 0.15) is 5.69 Å². The van der Waals surface area contributed by atoms with E-state index in [1.54, 1.807) is 0 Å². The first-order valence-electron chi connectivity index (χ1n) is 7.34. The van der Waals surface area contributed by atoms with Crippen LogP contribution in [-0.4, -0.2) is 45.2 Å². The molecule has 2 atom stereocenters. The zero-order valence-corrected chi connectivity index (χ0v) is 12.2. The van der Waals surface area contributed by atoms with Gasteiger partial charge in [0.15, 0.2) is 0 Å². The van der Waals surface area contributed by atoms with Gasteiger partial charge in [0.2, 0.25) is 0 Å². The summed E-state index contributed by atoms with van der Waals surface area (Å²) in [4.78, 5) is 14.8. The van der Waals surface area contributed by atoms with Gasteiger partial charge in [0.25, 0.3) is 0 Å². The fraction of sp³-hybridized carbons (Fsp3) is 0.769. The van der Waals surface area contributed by atoms with Crippen LogP contribution in [0.4, 0.5) is 18.0 Å². The zero-order valence-electron chi connectivity index (χ0n) is 12.2. The molecule has 2 heterocycles. The Balaban J connectivity index is 1.58. The molecule has 2 fully saturated rings. The number of hydrogen-bond acceptors (Lipinski definition) is 3. The lowest BCUT2D eigenvalue weighted by Crippen LogP contribution is -2.51. The summed E-state index contributed by atoms with van der Waals surface area (Å²) in [5.74, 6) is -0.459. The van der Waals surface area contributed by atoms with E-state index in [4.69, 9.17) is 0 Å². The van der Waals surface area contributed by atoms with Crippen molar-refractivity contribution in [3.05, 3.63) is 11.9 Å². The molecule has 0 aromatic carbocycles. The van der Waals surface area contributed by atoms with E-state index in [0.717, 1.165) is 0 Å². The Labute approximate surface area is 125 Å². The van der Waals surface area contributed by atoms with Crippen molar-refractivity contribution < 1.29 is 18.0 Å². The van der Waals surface area contributed by atoms with Crippen LogP contribution in [0.2, 0.25) is 0 Å². The number of carbonyl (C=O) groups is 1. The predicted molar refractivity (Wildman–Crippen MR) is 70.7 cm³/mol. The molecule has 1 saturated heterocycles. The van der Waals surface area contributed by atoms with Crippen LogP contribution in [0.25, 0.3) is 0 Å². The molecular formula is C13H18F3N5O. The molecule has 9 heteroatoms. The van der Waals surface area contributed by atoms with Crippen molar-refractivity contribution in [3.63, 3.8) is 0 Å². The highest BCUT2D eigenvalue weighted by atomic mass is 19.4. The van der Waals surface area contributed by atoms with Crippen LogP contribution in [-0.2, 0) is 13.1 Å². The van der Waals surface area contributed by atoms with Crippen LogP contribution in [0, 0.1) is 11.3 Å². The second-order valence-electron chi connectivity index (χ2n) is 5.95. The number of rotatable bonds is 3. The third-order valence-electron chi connectivity index (χ3n) is 4.77. The molecule has 1 aliphatic heterocycles. The Morgan fingerprint density at radius 2 is 2.32 bits per heavy atom. The van der Waals surface area contributed by atoms with Gasteiger partial charge in [-0.3, -0.25) is 0 Å². The van der Waals surface area contributed by atoms with E-state index in [-0.39, 0.29) is 26.1 Å². The molecule has 1 aromatic rings. The van der Waals surface area contributed by atoms with E-state index >= 15 is 0 Å². The molecule has 3 rings (SSSR count). The second-order valence-corrected chi connectivity index (χ2v) is 5.95. The fourth-order valence-electron chi connectivity index (χ4n) is 3.30. The Kier molecular flexibility index (Phi) is 3.53. The molecule has 1 saturated carbocycles. The van der Waals surface area contributed by atoms with Crippen molar-refractivity contribution in [2.75, 3.05) is 13.1 Å². The standard InChI is InChI=1S/C13H18F3N5O/c1-2-21-18-6-10(19-21)5-17-11(22)20-7-9-3-4-12(9,8-20)13(14,15)16/h6,9H,2-5,7-8H2,1H3,(H,17,22)/t9-,12-/m0/s1. The first-order chi connectivity index (χ1) is 10.4. The average molecular weight is 317 g/mol. The number of aromatic nitrogens is 3. The summed E-state index contributed by atoms with van der Waals surface area (Å²) in [6.07, 6.45) is -2.05. The van der Waals surface area contributed by atoms with Crippen molar-refractivity contribution in [1.29, 1.82) is 0 Å². The summed E-state index contributed by atoms with van der Waals surface area (Å²) in [7, 11) is 0. The van der Waals surface area contributed by atoms with Crippen LogP contribution >= 0.6 is 0 Å². The number of fused-ring (bicyclic) bond motifs is 1. The molecule has 1 aliphatic carbocycles. The van der Waals surface area contributed by atoms with Crippen LogP contribution in [0.15, 0.2) is 6.20 Å². The number of alkyl halides is 3. The second kappa shape index (κ2) is 5.13. The Bertz CT molecular complexity index is 572.